The third kappa shape index (κ3) is 3.43. The van der Waals surface area contributed by atoms with Gasteiger partial charge >= 0.3 is 0 Å². The Balaban J connectivity index is 1.66. The molecule has 1 aromatic carbocycles. The average Bonchev–Trinajstić information content (AvgIpc) is 3.16. The van der Waals surface area contributed by atoms with Gasteiger partial charge in [-0.05, 0) is 30.7 Å². The zero-order chi connectivity index (χ0) is 22.3. The van der Waals surface area contributed by atoms with E-state index in [0.717, 1.165) is 0 Å². The van der Waals surface area contributed by atoms with Gasteiger partial charge < -0.3 is 20.9 Å². The van der Waals surface area contributed by atoms with Crippen LogP contribution in [0.15, 0.2) is 48.9 Å². The van der Waals surface area contributed by atoms with Crippen LogP contribution < -0.4 is 11.1 Å². The largest absolute Gasteiger partial charge is 0.377 e. The van der Waals surface area contributed by atoms with Gasteiger partial charge in [-0.15, -0.1) is 0 Å². The summed E-state index contributed by atoms with van der Waals surface area (Å²) in [6.07, 6.45) is 4.64. The normalized spacial score (nSPS) is 15.8. The van der Waals surface area contributed by atoms with E-state index >= 15 is 0 Å². The zero-order valence-electron chi connectivity index (χ0n) is 17.1. The summed E-state index contributed by atoms with van der Waals surface area (Å²) in [5.41, 5.74) is 5.61. The van der Waals surface area contributed by atoms with E-state index in [0.29, 0.717) is 35.5 Å². The number of nitrogens with zero attached hydrogens (tertiary/aromatic N) is 6. The molecular formula is C21H20N8O3. The number of hydrogen-bond donors (Lipinski definition) is 3. The van der Waals surface area contributed by atoms with Crippen LogP contribution in [0, 0.1) is 0 Å². The molecule has 4 aromatic rings. The monoisotopic (exact) mass is 432 g/mol. The Hall–Kier alpha value is -3.96. The van der Waals surface area contributed by atoms with Gasteiger partial charge in [0.25, 0.3) is 5.91 Å². The van der Waals surface area contributed by atoms with E-state index in [-0.39, 0.29) is 29.4 Å². The van der Waals surface area contributed by atoms with Gasteiger partial charge in [0.05, 0.1) is 24.8 Å². The number of nitrogen functional groups attached to an aromatic ring is 1. The number of carbonyl (C=O) groups excluding carboxylic acids is 1. The minimum atomic E-state index is -1.47. The molecule has 1 atom stereocenters. The molecule has 5 rings (SSSR count). The van der Waals surface area contributed by atoms with E-state index in [9.17, 15) is 9.90 Å². The van der Waals surface area contributed by atoms with Crippen LogP contribution in [0.1, 0.15) is 28.8 Å². The summed E-state index contributed by atoms with van der Waals surface area (Å²) in [6.45, 7) is 2.55. The fraction of sp³-hybridized carbons (Fsp3) is 0.238. The first-order valence-corrected chi connectivity index (χ1v) is 9.94. The van der Waals surface area contributed by atoms with Crippen LogP contribution in [0.5, 0.6) is 0 Å². The Morgan fingerprint density at radius 2 is 2.00 bits per heavy atom. The number of anilines is 1. The van der Waals surface area contributed by atoms with Crippen molar-refractivity contribution >= 4 is 22.8 Å². The van der Waals surface area contributed by atoms with Crippen molar-refractivity contribution in [3.8, 4) is 5.82 Å². The molecular weight excluding hydrogens is 412 g/mol. The first-order chi connectivity index (χ1) is 15.4. The van der Waals surface area contributed by atoms with E-state index in [1.807, 2.05) is 0 Å². The molecule has 1 aliphatic heterocycles. The molecule has 0 spiro atoms. The lowest BCUT2D eigenvalue weighted by Crippen LogP contribution is -2.48. The van der Waals surface area contributed by atoms with Crippen LogP contribution in [0.25, 0.3) is 16.7 Å². The predicted molar refractivity (Wildman–Crippen MR) is 114 cm³/mol. The molecule has 1 amide bonds. The van der Waals surface area contributed by atoms with Crippen molar-refractivity contribution in [2.45, 2.75) is 18.6 Å². The van der Waals surface area contributed by atoms with Crippen LogP contribution in [0.4, 0.5) is 5.95 Å². The second-order valence-electron chi connectivity index (χ2n) is 7.62. The predicted octanol–water partition coefficient (Wildman–Crippen LogP) is 0.572. The van der Waals surface area contributed by atoms with Crippen LogP contribution in [0.3, 0.4) is 0 Å². The number of ether oxygens (including phenoxy) is 1. The number of rotatable bonds is 5. The average molecular weight is 432 g/mol. The number of amides is 1. The molecule has 0 saturated carbocycles. The Kier molecular flexibility index (Phi) is 4.76. The van der Waals surface area contributed by atoms with Crippen molar-refractivity contribution in [3.05, 3.63) is 66.0 Å². The van der Waals surface area contributed by atoms with E-state index in [1.54, 1.807) is 49.6 Å². The minimum Gasteiger partial charge on any atom is -0.377 e. The highest BCUT2D eigenvalue weighted by molar-refractivity contribution is 6.05. The number of nitrogens with one attached hydrogen (secondary N) is 1. The highest BCUT2D eigenvalue weighted by atomic mass is 16.5. The fourth-order valence-corrected chi connectivity index (χ4v) is 3.49. The standard InChI is InChI=1S/C21H20N8O3/c1-21(31,19-23-6-2-7-24-19)12-3-4-14-15(9-12)29(16-5-8-25-20(22)27-16)28-17(14)18(30)26-13-10-32-11-13/h2-9,13,31H,10-11H2,1H3,(H,26,30)(H2,22,25,27). The third-order valence-corrected chi connectivity index (χ3v) is 5.31. The number of fused-ring (bicyclic) bond motifs is 1. The first-order valence-electron chi connectivity index (χ1n) is 9.94. The van der Waals surface area contributed by atoms with Crippen molar-refractivity contribution in [2.24, 2.45) is 0 Å². The van der Waals surface area contributed by atoms with Crippen LogP contribution in [-0.2, 0) is 10.3 Å². The molecule has 11 nitrogen and oxygen atoms in total. The molecule has 0 radical (unpaired) electrons. The van der Waals surface area contributed by atoms with E-state index < -0.39 is 5.60 Å². The summed E-state index contributed by atoms with van der Waals surface area (Å²) in [6, 6.07) is 8.46. The molecule has 0 aliphatic carbocycles. The highest BCUT2D eigenvalue weighted by Gasteiger charge is 2.31. The second kappa shape index (κ2) is 7.62. The van der Waals surface area contributed by atoms with E-state index in [4.69, 9.17) is 10.5 Å². The van der Waals surface area contributed by atoms with Gasteiger partial charge in [-0.2, -0.15) is 10.1 Å². The third-order valence-electron chi connectivity index (χ3n) is 5.31. The lowest BCUT2D eigenvalue weighted by atomic mass is 9.94. The van der Waals surface area contributed by atoms with Gasteiger partial charge in [0, 0.05) is 30.0 Å². The molecule has 1 fully saturated rings. The Labute approximate surface area is 182 Å². The van der Waals surface area contributed by atoms with Gasteiger partial charge in [0.15, 0.2) is 17.3 Å². The Morgan fingerprint density at radius 3 is 2.69 bits per heavy atom. The molecule has 1 unspecified atom stereocenters. The van der Waals surface area contributed by atoms with Crippen LogP contribution in [0.2, 0.25) is 0 Å². The zero-order valence-corrected chi connectivity index (χ0v) is 17.1. The van der Waals surface area contributed by atoms with Crippen molar-refractivity contribution < 1.29 is 14.6 Å². The summed E-state index contributed by atoms with van der Waals surface area (Å²) < 4.78 is 6.64. The van der Waals surface area contributed by atoms with E-state index in [2.05, 4.69) is 30.4 Å². The molecule has 4 heterocycles. The van der Waals surface area contributed by atoms with Crippen molar-refractivity contribution in [2.75, 3.05) is 18.9 Å². The Morgan fingerprint density at radius 1 is 1.22 bits per heavy atom. The van der Waals surface area contributed by atoms with Crippen LogP contribution in [-0.4, -0.2) is 60.0 Å². The summed E-state index contributed by atoms with van der Waals surface area (Å²) in [4.78, 5) is 29.4. The van der Waals surface area contributed by atoms with Gasteiger partial charge in [-0.3, -0.25) is 4.79 Å². The maximum atomic E-state index is 12.9. The lowest BCUT2D eigenvalue weighted by molar-refractivity contribution is -0.00352. The number of aromatic nitrogens is 6. The molecule has 1 aliphatic rings. The second-order valence-corrected chi connectivity index (χ2v) is 7.62. The number of hydrogen-bond acceptors (Lipinski definition) is 9. The summed E-state index contributed by atoms with van der Waals surface area (Å²) in [7, 11) is 0. The van der Waals surface area contributed by atoms with Gasteiger partial charge in [0.1, 0.15) is 5.60 Å². The van der Waals surface area contributed by atoms with Gasteiger partial charge in [-0.25, -0.2) is 19.6 Å². The minimum absolute atomic E-state index is 0.0485. The molecule has 32 heavy (non-hydrogen) atoms. The number of carbonyl (C=O) groups is 1. The summed E-state index contributed by atoms with van der Waals surface area (Å²) in [5, 5.41) is 19.2. The molecule has 4 N–H and O–H groups in total. The molecule has 162 valence electrons. The van der Waals surface area contributed by atoms with Crippen molar-refractivity contribution in [1.29, 1.82) is 0 Å². The first kappa shape index (κ1) is 20.0. The molecule has 1 saturated heterocycles. The summed E-state index contributed by atoms with van der Waals surface area (Å²) in [5.74, 6) is 0.389. The lowest BCUT2D eigenvalue weighted by Gasteiger charge is -2.26. The smallest absolute Gasteiger partial charge is 0.272 e. The topological polar surface area (TPSA) is 154 Å². The molecule has 0 bridgehead atoms. The van der Waals surface area contributed by atoms with Crippen molar-refractivity contribution in [3.63, 3.8) is 0 Å². The highest BCUT2D eigenvalue weighted by Crippen LogP contribution is 2.31. The molecule has 3 aromatic heterocycles. The number of nitrogens with two attached hydrogens (primary N) is 1. The maximum absolute atomic E-state index is 12.9. The molecule has 11 heteroatoms. The van der Waals surface area contributed by atoms with Gasteiger partial charge in [0.2, 0.25) is 5.95 Å². The van der Waals surface area contributed by atoms with Gasteiger partial charge in [-0.1, -0.05) is 6.07 Å². The number of benzene rings is 1. The summed E-state index contributed by atoms with van der Waals surface area (Å²) >= 11 is 0. The van der Waals surface area contributed by atoms with Crippen molar-refractivity contribution in [1.82, 2.24) is 35.0 Å². The van der Waals surface area contributed by atoms with Crippen LogP contribution >= 0.6 is 0 Å². The quantitative estimate of drug-likeness (QED) is 0.410. The SMILES string of the molecule is CC(O)(c1ccc2c(C(=O)NC3COC3)nn(-c3ccnc(N)n3)c2c1)c1ncccn1. The Bertz CT molecular complexity index is 1300. The van der Waals surface area contributed by atoms with E-state index in [1.165, 1.54) is 10.9 Å². The maximum Gasteiger partial charge on any atom is 0.272 e. The fourth-order valence-electron chi connectivity index (χ4n) is 3.49. The number of aliphatic hydroxyl groups is 1.